The highest BCUT2D eigenvalue weighted by atomic mass is 16.7. The van der Waals surface area contributed by atoms with Gasteiger partial charge in [-0.15, -0.1) is 13.2 Å². The Morgan fingerprint density at radius 1 is 0.800 bits per heavy atom. The Morgan fingerprint density at radius 3 is 1.65 bits per heavy atom. The number of unbranched alkanes of at least 4 members (excludes halogenated alkanes) is 1. The summed E-state index contributed by atoms with van der Waals surface area (Å²) in [6.07, 6.45) is 9.82. The lowest BCUT2D eigenvalue weighted by molar-refractivity contribution is -0.0719. The first-order chi connectivity index (χ1) is 9.81. The molecule has 2 saturated heterocycles. The zero-order valence-electron chi connectivity index (χ0n) is 12.2. The van der Waals surface area contributed by atoms with Gasteiger partial charge in [0, 0.05) is 0 Å². The molecule has 20 heavy (non-hydrogen) atoms. The molecule has 0 spiro atoms. The van der Waals surface area contributed by atoms with Crippen molar-refractivity contribution in [3.05, 3.63) is 25.3 Å². The third kappa shape index (κ3) is 5.02. The van der Waals surface area contributed by atoms with Crippen molar-refractivity contribution in [3.8, 4) is 0 Å². The van der Waals surface area contributed by atoms with Gasteiger partial charge in [0.15, 0.2) is 12.6 Å². The summed E-state index contributed by atoms with van der Waals surface area (Å²) in [5, 5.41) is 0. The maximum absolute atomic E-state index is 5.76. The second-order valence-corrected chi connectivity index (χ2v) is 5.38. The average Bonchev–Trinajstić information content (AvgIpc) is 3.06. The van der Waals surface area contributed by atoms with E-state index in [2.05, 4.69) is 13.2 Å². The van der Waals surface area contributed by atoms with Gasteiger partial charge in [0.05, 0.1) is 25.4 Å². The molecular weight excluding hydrogens is 256 g/mol. The van der Waals surface area contributed by atoms with Crippen LogP contribution in [0.25, 0.3) is 0 Å². The molecule has 2 aliphatic rings. The molecule has 2 aliphatic heterocycles. The van der Waals surface area contributed by atoms with Crippen molar-refractivity contribution < 1.29 is 18.9 Å². The van der Waals surface area contributed by atoms with Gasteiger partial charge in [-0.25, -0.2) is 0 Å². The Morgan fingerprint density at radius 2 is 1.25 bits per heavy atom. The first kappa shape index (κ1) is 15.7. The minimum atomic E-state index is -0.0427. The van der Waals surface area contributed by atoms with Gasteiger partial charge < -0.3 is 18.9 Å². The maximum atomic E-state index is 5.76. The second kappa shape index (κ2) is 8.57. The van der Waals surface area contributed by atoms with E-state index in [0.29, 0.717) is 13.2 Å². The highest BCUT2D eigenvalue weighted by molar-refractivity contribution is 4.77. The number of rotatable bonds is 9. The molecule has 0 amide bonds. The predicted molar refractivity (Wildman–Crippen MR) is 77.3 cm³/mol. The minimum absolute atomic E-state index is 0.0427. The Labute approximate surface area is 121 Å². The van der Waals surface area contributed by atoms with Crippen LogP contribution in [0.5, 0.6) is 0 Å². The van der Waals surface area contributed by atoms with Crippen molar-refractivity contribution >= 4 is 0 Å². The van der Waals surface area contributed by atoms with Gasteiger partial charge in [-0.3, -0.25) is 0 Å². The SMILES string of the molecule is C=CCC1COC(CCCCC2OCC(CC=C)O2)O1. The second-order valence-electron chi connectivity index (χ2n) is 5.38. The highest BCUT2D eigenvalue weighted by Gasteiger charge is 2.26. The molecule has 2 heterocycles. The van der Waals surface area contributed by atoms with E-state index in [-0.39, 0.29) is 24.8 Å². The molecule has 0 aromatic heterocycles. The molecule has 0 radical (unpaired) electrons. The van der Waals surface area contributed by atoms with Crippen LogP contribution in [0.2, 0.25) is 0 Å². The Bertz CT molecular complexity index is 275. The van der Waals surface area contributed by atoms with Crippen LogP contribution in [0.15, 0.2) is 25.3 Å². The molecule has 0 bridgehead atoms. The van der Waals surface area contributed by atoms with E-state index in [0.717, 1.165) is 38.5 Å². The number of ether oxygens (including phenoxy) is 4. The summed E-state index contributed by atoms with van der Waals surface area (Å²) in [6.45, 7) is 8.82. The number of hydrogen-bond donors (Lipinski definition) is 0. The molecule has 0 aromatic rings. The van der Waals surface area contributed by atoms with Crippen LogP contribution in [0.4, 0.5) is 0 Å². The van der Waals surface area contributed by atoms with Crippen molar-refractivity contribution in [2.24, 2.45) is 0 Å². The van der Waals surface area contributed by atoms with E-state index in [1.807, 2.05) is 12.2 Å². The standard InChI is InChI=1S/C16H26O4/c1-3-7-13-11-17-15(19-13)9-5-6-10-16-18-12-14(20-16)8-4-2/h3-4,13-16H,1-2,5-12H2. The summed E-state index contributed by atoms with van der Waals surface area (Å²) in [5.41, 5.74) is 0. The minimum Gasteiger partial charge on any atom is -0.350 e. The molecule has 0 N–H and O–H groups in total. The predicted octanol–water partition coefficient (Wildman–Crippen LogP) is 3.18. The summed E-state index contributed by atoms with van der Waals surface area (Å²) in [6, 6.07) is 0. The molecule has 2 rings (SSSR count). The van der Waals surface area contributed by atoms with E-state index in [4.69, 9.17) is 18.9 Å². The van der Waals surface area contributed by atoms with E-state index in [1.165, 1.54) is 0 Å². The third-order valence-corrected chi connectivity index (χ3v) is 3.61. The lowest BCUT2D eigenvalue weighted by Crippen LogP contribution is -2.13. The van der Waals surface area contributed by atoms with Crippen molar-refractivity contribution in [1.82, 2.24) is 0 Å². The topological polar surface area (TPSA) is 36.9 Å². The fourth-order valence-electron chi connectivity index (χ4n) is 2.56. The molecule has 4 heteroatoms. The van der Waals surface area contributed by atoms with Crippen molar-refractivity contribution in [2.75, 3.05) is 13.2 Å². The van der Waals surface area contributed by atoms with Crippen LogP contribution in [0.1, 0.15) is 38.5 Å². The van der Waals surface area contributed by atoms with Gasteiger partial charge in [0.25, 0.3) is 0 Å². The van der Waals surface area contributed by atoms with Crippen molar-refractivity contribution in [1.29, 1.82) is 0 Å². The summed E-state index contributed by atoms with van der Waals surface area (Å²) in [5.74, 6) is 0. The molecule has 2 fully saturated rings. The van der Waals surface area contributed by atoms with Crippen molar-refractivity contribution in [3.63, 3.8) is 0 Å². The van der Waals surface area contributed by atoms with E-state index >= 15 is 0 Å². The Hall–Kier alpha value is -0.680. The van der Waals surface area contributed by atoms with Gasteiger partial charge in [0.2, 0.25) is 0 Å². The van der Waals surface area contributed by atoms with E-state index in [9.17, 15) is 0 Å². The third-order valence-electron chi connectivity index (χ3n) is 3.61. The highest BCUT2D eigenvalue weighted by Crippen LogP contribution is 2.22. The van der Waals surface area contributed by atoms with Crippen LogP contribution in [-0.4, -0.2) is 38.0 Å². The van der Waals surface area contributed by atoms with Crippen LogP contribution in [-0.2, 0) is 18.9 Å². The van der Waals surface area contributed by atoms with Crippen LogP contribution in [0.3, 0.4) is 0 Å². The largest absolute Gasteiger partial charge is 0.350 e. The lowest BCUT2D eigenvalue weighted by atomic mass is 10.2. The molecule has 0 aromatic carbocycles. The van der Waals surface area contributed by atoms with Gasteiger partial charge in [-0.1, -0.05) is 12.2 Å². The Kier molecular flexibility index (Phi) is 6.73. The zero-order chi connectivity index (χ0) is 14.2. The molecule has 114 valence electrons. The average molecular weight is 282 g/mol. The molecule has 0 aliphatic carbocycles. The lowest BCUT2D eigenvalue weighted by Gasteiger charge is -2.12. The molecular formula is C16H26O4. The Balaban J connectivity index is 1.50. The summed E-state index contributed by atoms with van der Waals surface area (Å²) in [4.78, 5) is 0. The fraction of sp³-hybridized carbons (Fsp3) is 0.750. The fourth-order valence-corrected chi connectivity index (χ4v) is 2.56. The summed E-state index contributed by atoms with van der Waals surface area (Å²) < 4.78 is 22.7. The quantitative estimate of drug-likeness (QED) is 0.481. The molecule has 4 atom stereocenters. The molecule has 4 unspecified atom stereocenters. The van der Waals surface area contributed by atoms with Crippen molar-refractivity contribution in [2.45, 2.75) is 63.3 Å². The molecule has 4 nitrogen and oxygen atoms in total. The van der Waals surface area contributed by atoms with E-state index < -0.39 is 0 Å². The van der Waals surface area contributed by atoms with Crippen LogP contribution < -0.4 is 0 Å². The van der Waals surface area contributed by atoms with E-state index in [1.54, 1.807) is 0 Å². The normalized spacial score (nSPS) is 33.4. The summed E-state index contributed by atoms with van der Waals surface area (Å²) >= 11 is 0. The monoisotopic (exact) mass is 282 g/mol. The van der Waals surface area contributed by atoms with Gasteiger partial charge in [-0.2, -0.15) is 0 Å². The first-order valence-electron chi connectivity index (χ1n) is 7.57. The van der Waals surface area contributed by atoms with Gasteiger partial charge in [-0.05, 0) is 38.5 Å². The smallest absolute Gasteiger partial charge is 0.158 e. The summed E-state index contributed by atoms with van der Waals surface area (Å²) in [7, 11) is 0. The zero-order valence-corrected chi connectivity index (χ0v) is 12.2. The first-order valence-corrected chi connectivity index (χ1v) is 7.57. The number of hydrogen-bond acceptors (Lipinski definition) is 4. The van der Waals surface area contributed by atoms with Gasteiger partial charge >= 0.3 is 0 Å². The van der Waals surface area contributed by atoms with Crippen LogP contribution >= 0.6 is 0 Å². The van der Waals surface area contributed by atoms with Crippen LogP contribution in [0, 0.1) is 0 Å². The maximum Gasteiger partial charge on any atom is 0.158 e. The molecule has 0 saturated carbocycles. The van der Waals surface area contributed by atoms with Gasteiger partial charge in [0.1, 0.15) is 0 Å².